The zero-order chi connectivity index (χ0) is 9.90. The second-order valence-electron chi connectivity index (χ2n) is 2.65. The van der Waals surface area contributed by atoms with Gasteiger partial charge in [0.1, 0.15) is 18.1 Å². The van der Waals surface area contributed by atoms with Gasteiger partial charge in [0.05, 0.1) is 8.96 Å². The van der Waals surface area contributed by atoms with Crippen LogP contribution in [0.1, 0.15) is 6.92 Å². The van der Waals surface area contributed by atoms with Crippen LogP contribution in [-0.2, 0) is 4.74 Å². The molecule has 1 rings (SSSR count). The van der Waals surface area contributed by atoms with E-state index < -0.39 is 5.54 Å². The molecule has 0 fully saturated rings. The van der Waals surface area contributed by atoms with E-state index in [0.717, 1.165) is 8.96 Å². The van der Waals surface area contributed by atoms with E-state index in [-0.39, 0.29) is 0 Å². The van der Waals surface area contributed by atoms with Crippen molar-refractivity contribution in [2.75, 3.05) is 0 Å². The van der Waals surface area contributed by atoms with Crippen molar-refractivity contribution < 1.29 is 4.74 Å². The Kier molecular flexibility index (Phi) is 3.50. The van der Waals surface area contributed by atoms with Crippen LogP contribution in [0.15, 0.2) is 39.1 Å². The quantitative estimate of drug-likeness (QED) is 0.716. The first-order valence-electron chi connectivity index (χ1n) is 3.65. The van der Waals surface area contributed by atoms with Crippen molar-refractivity contribution in [1.29, 1.82) is 0 Å². The number of nitrogens with zero attached hydrogens (tertiary/aromatic N) is 1. The molecule has 0 aromatic heterocycles. The maximum Gasteiger partial charge on any atom is 0.127 e. The Bertz CT molecular complexity index is 287. The highest BCUT2D eigenvalue weighted by Gasteiger charge is 2.32. The van der Waals surface area contributed by atoms with Gasteiger partial charge >= 0.3 is 0 Å². The fourth-order valence-corrected chi connectivity index (χ4v) is 1.94. The molecule has 0 aromatic rings. The topological polar surface area (TPSA) is 21.6 Å². The number of ether oxygens (including phenoxy) is 1. The molecule has 0 atom stereocenters. The fraction of sp³-hybridized carbons (Fsp3) is 0.222. The van der Waals surface area contributed by atoms with E-state index >= 15 is 0 Å². The Labute approximate surface area is 94.3 Å². The summed E-state index contributed by atoms with van der Waals surface area (Å²) in [6.45, 7) is 5.55. The van der Waals surface area contributed by atoms with Crippen LogP contribution < -0.4 is 0 Å². The van der Waals surface area contributed by atoms with Crippen LogP contribution in [0.2, 0.25) is 0 Å². The minimum absolute atomic E-state index is 0.424. The summed E-state index contributed by atoms with van der Waals surface area (Å²) in [7, 11) is 0. The Hall–Kier alpha value is -0.350. The van der Waals surface area contributed by atoms with Crippen molar-refractivity contribution in [3.05, 3.63) is 34.1 Å². The molecule has 70 valence electrons. The van der Waals surface area contributed by atoms with Crippen LogP contribution in [0.5, 0.6) is 0 Å². The summed E-state index contributed by atoms with van der Waals surface area (Å²) in [6.07, 6.45) is 6.53. The molecule has 0 saturated carbocycles. The Morgan fingerprint density at radius 2 is 2.00 bits per heavy atom. The molecule has 0 aromatic carbocycles. The van der Waals surface area contributed by atoms with Gasteiger partial charge in [0.25, 0.3) is 0 Å². The van der Waals surface area contributed by atoms with Crippen LogP contribution in [-0.4, -0.2) is 11.8 Å². The van der Waals surface area contributed by atoms with Gasteiger partial charge in [-0.2, -0.15) is 0 Å². The fourth-order valence-electron chi connectivity index (χ4n) is 0.822. The van der Waals surface area contributed by atoms with Gasteiger partial charge in [-0.05, 0) is 38.8 Å². The van der Waals surface area contributed by atoms with Crippen LogP contribution in [0, 0.1) is 0 Å². The molecule has 4 heteroatoms. The van der Waals surface area contributed by atoms with Crippen LogP contribution in [0.4, 0.5) is 0 Å². The maximum absolute atomic E-state index is 5.05. The van der Waals surface area contributed by atoms with E-state index in [1.54, 1.807) is 24.8 Å². The molecule has 0 spiro atoms. The van der Waals surface area contributed by atoms with Crippen LogP contribution in [0.25, 0.3) is 0 Å². The van der Waals surface area contributed by atoms with Crippen molar-refractivity contribution >= 4 is 38.1 Å². The summed E-state index contributed by atoms with van der Waals surface area (Å²) in [5, 5.41) is 0. The highest BCUT2D eigenvalue weighted by atomic mass is 79.9. The number of halogens is 2. The summed E-state index contributed by atoms with van der Waals surface area (Å²) < 4.78 is 6.79. The van der Waals surface area contributed by atoms with E-state index in [2.05, 4.69) is 43.4 Å². The van der Waals surface area contributed by atoms with Gasteiger partial charge in [0.15, 0.2) is 0 Å². The summed E-state index contributed by atoms with van der Waals surface area (Å²) in [6, 6.07) is 0. The molecule has 0 N–H and O–H groups in total. The highest BCUT2D eigenvalue weighted by molar-refractivity contribution is 9.12. The van der Waals surface area contributed by atoms with E-state index in [0.29, 0.717) is 0 Å². The first kappa shape index (κ1) is 10.7. The van der Waals surface area contributed by atoms with E-state index in [1.807, 2.05) is 6.92 Å². The third kappa shape index (κ3) is 2.11. The standard InChI is InChI=1S/C9H9Br2NO/c1-3-4-12-9(2)7(10)5-13-6-8(9)11/h3-6H,1H2,2H3. The Morgan fingerprint density at radius 1 is 1.46 bits per heavy atom. The average molecular weight is 307 g/mol. The van der Waals surface area contributed by atoms with Crippen LogP contribution in [0.3, 0.4) is 0 Å². The molecule has 0 amide bonds. The van der Waals surface area contributed by atoms with Gasteiger partial charge in [-0.25, -0.2) is 0 Å². The van der Waals surface area contributed by atoms with Crippen molar-refractivity contribution in [2.45, 2.75) is 12.5 Å². The number of hydrogen-bond acceptors (Lipinski definition) is 2. The van der Waals surface area contributed by atoms with Gasteiger partial charge in [0.2, 0.25) is 0 Å². The minimum atomic E-state index is -0.424. The first-order chi connectivity index (χ1) is 6.11. The van der Waals surface area contributed by atoms with E-state index in [9.17, 15) is 0 Å². The monoisotopic (exact) mass is 305 g/mol. The zero-order valence-corrected chi connectivity index (χ0v) is 10.3. The minimum Gasteiger partial charge on any atom is -0.471 e. The summed E-state index contributed by atoms with van der Waals surface area (Å²) >= 11 is 6.80. The Morgan fingerprint density at radius 3 is 2.46 bits per heavy atom. The predicted molar refractivity (Wildman–Crippen MR) is 62.2 cm³/mol. The third-order valence-electron chi connectivity index (χ3n) is 1.71. The van der Waals surface area contributed by atoms with Crippen LogP contribution >= 0.6 is 31.9 Å². The molecular formula is C9H9Br2NO. The first-order valence-corrected chi connectivity index (χ1v) is 5.24. The lowest BCUT2D eigenvalue weighted by Gasteiger charge is -2.26. The molecule has 0 radical (unpaired) electrons. The summed E-state index contributed by atoms with van der Waals surface area (Å²) in [5.41, 5.74) is -0.424. The second kappa shape index (κ2) is 4.24. The number of hydrogen-bond donors (Lipinski definition) is 0. The normalized spacial score (nSPS) is 20.5. The van der Waals surface area contributed by atoms with E-state index in [4.69, 9.17) is 4.74 Å². The molecule has 1 aliphatic rings. The lowest BCUT2D eigenvalue weighted by atomic mass is 10.0. The number of rotatable bonds is 2. The van der Waals surface area contributed by atoms with Gasteiger partial charge in [-0.1, -0.05) is 12.7 Å². The largest absolute Gasteiger partial charge is 0.471 e. The highest BCUT2D eigenvalue weighted by Crippen LogP contribution is 2.39. The number of aliphatic imine (C=N–C) groups is 1. The van der Waals surface area contributed by atoms with Crippen molar-refractivity contribution in [3.8, 4) is 0 Å². The third-order valence-corrected chi connectivity index (χ3v) is 3.63. The SMILES string of the molecule is C=CC=NC1(C)C(Br)=COC=C1Br. The van der Waals surface area contributed by atoms with Gasteiger partial charge in [-0.15, -0.1) is 0 Å². The summed E-state index contributed by atoms with van der Waals surface area (Å²) in [4.78, 5) is 4.34. The predicted octanol–water partition coefficient (Wildman–Crippen LogP) is 3.50. The van der Waals surface area contributed by atoms with Gasteiger partial charge in [0, 0.05) is 6.21 Å². The van der Waals surface area contributed by atoms with Crippen molar-refractivity contribution in [1.82, 2.24) is 0 Å². The molecule has 0 bridgehead atoms. The van der Waals surface area contributed by atoms with Crippen molar-refractivity contribution in [2.24, 2.45) is 4.99 Å². The number of allylic oxidation sites excluding steroid dienone is 1. The average Bonchev–Trinajstić information content (AvgIpc) is 2.11. The molecule has 13 heavy (non-hydrogen) atoms. The zero-order valence-electron chi connectivity index (χ0n) is 7.13. The van der Waals surface area contributed by atoms with Crippen molar-refractivity contribution in [3.63, 3.8) is 0 Å². The van der Waals surface area contributed by atoms with E-state index in [1.165, 1.54) is 0 Å². The molecule has 1 heterocycles. The van der Waals surface area contributed by atoms with Gasteiger partial charge < -0.3 is 4.74 Å². The molecule has 0 saturated heterocycles. The molecule has 1 aliphatic heterocycles. The summed E-state index contributed by atoms with van der Waals surface area (Å²) in [5.74, 6) is 0. The molecule has 0 unspecified atom stereocenters. The lowest BCUT2D eigenvalue weighted by Crippen LogP contribution is -2.25. The lowest BCUT2D eigenvalue weighted by molar-refractivity contribution is 0.376. The molecule has 2 nitrogen and oxygen atoms in total. The maximum atomic E-state index is 5.05. The molecule has 0 aliphatic carbocycles. The Balaban J connectivity index is 3.02. The second-order valence-corrected chi connectivity index (χ2v) is 4.36. The smallest absolute Gasteiger partial charge is 0.127 e. The molecular weight excluding hydrogens is 298 g/mol. The van der Waals surface area contributed by atoms with Gasteiger partial charge in [-0.3, -0.25) is 4.99 Å².